The maximum atomic E-state index is 9.31. The van der Waals surface area contributed by atoms with Crippen LogP contribution in [0, 0.1) is 6.92 Å². The largest absolute Gasteiger partial charge is 0.390 e. The van der Waals surface area contributed by atoms with E-state index in [0.717, 1.165) is 29.2 Å². The molecule has 88 valence electrons. The van der Waals surface area contributed by atoms with Crippen molar-refractivity contribution < 1.29 is 5.11 Å². The second-order valence-electron chi connectivity index (χ2n) is 4.48. The minimum absolute atomic E-state index is 0.0922. The first-order valence-electron chi connectivity index (χ1n) is 5.80. The lowest BCUT2D eigenvalue weighted by molar-refractivity contribution is 0.270. The Balaban J connectivity index is 2.28. The summed E-state index contributed by atoms with van der Waals surface area (Å²) < 4.78 is 2.19. The number of halogens is 1. The van der Waals surface area contributed by atoms with Gasteiger partial charge in [-0.15, -0.1) is 0 Å². The van der Waals surface area contributed by atoms with Gasteiger partial charge in [-0.2, -0.15) is 0 Å². The third-order valence-corrected chi connectivity index (χ3v) is 3.99. The molecule has 1 aliphatic rings. The summed E-state index contributed by atoms with van der Waals surface area (Å²) in [5.74, 6) is 0. The molecule has 1 N–H and O–H groups in total. The second-order valence-corrected chi connectivity index (χ2v) is 4.88. The first kappa shape index (κ1) is 10.9. The van der Waals surface area contributed by atoms with Gasteiger partial charge in [0.1, 0.15) is 0 Å². The molecular weight excluding hydrogens is 234 g/mol. The van der Waals surface area contributed by atoms with Crippen LogP contribution in [0.15, 0.2) is 24.3 Å². The fourth-order valence-electron chi connectivity index (χ4n) is 2.67. The van der Waals surface area contributed by atoms with Gasteiger partial charge in [-0.25, -0.2) is 0 Å². The molecule has 0 unspecified atom stereocenters. The van der Waals surface area contributed by atoms with Gasteiger partial charge in [-0.1, -0.05) is 17.7 Å². The number of nitrogens with zero attached hydrogens (tertiary/aromatic N) is 1. The summed E-state index contributed by atoms with van der Waals surface area (Å²) in [7, 11) is 0. The molecule has 1 aromatic heterocycles. The van der Waals surface area contributed by atoms with Crippen LogP contribution in [0.25, 0.3) is 11.3 Å². The van der Waals surface area contributed by atoms with E-state index in [4.69, 9.17) is 11.6 Å². The molecule has 1 aliphatic heterocycles. The van der Waals surface area contributed by atoms with Crippen molar-refractivity contribution in [3.63, 3.8) is 0 Å². The summed E-state index contributed by atoms with van der Waals surface area (Å²) in [5.41, 5.74) is 5.87. The van der Waals surface area contributed by atoms with Crippen LogP contribution in [0.5, 0.6) is 0 Å². The molecule has 2 heterocycles. The van der Waals surface area contributed by atoms with Crippen LogP contribution in [0.2, 0.25) is 5.02 Å². The van der Waals surface area contributed by atoms with Crippen LogP contribution in [0.4, 0.5) is 0 Å². The Hall–Kier alpha value is -1.25. The third-order valence-electron chi connectivity index (χ3n) is 3.58. The van der Waals surface area contributed by atoms with Gasteiger partial charge in [0.25, 0.3) is 0 Å². The molecular formula is C14H14ClNO. The summed E-state index contributed by atoms with van der Waals surface area (Å²) in [6, 6.07) is 8.15. The van der Waals surface area contributed by atoms with E-state index in [0.29, 0.717) is 0 Å². The van der Waals surface area contributed by atoms with Crippen molar-refractivity contribution in [2.45, 2.75) is 26.5 Å². The first-order chi connectivity index (χ1) is 8.22. The molecule has 3 rings (SSSR count). The minimum atomic E-state index is 0.0922. The predicted molar refractivity (Wildman–Crippen MR) is 69.2 cm³/mol. The van der Waals surface area contributed by atoms with E-state index in [2.05, 4.69) is 23.6 Å². The van der Waals surface area contributed by atoms with Gasteiger partial charge in [-0.05, 0) is 42.7 Å². The standard InChI is InChI=1S/C14H14ClNO/c1-9-12(15)4-2-10-6-7-16-11(8-17)3-5-13(16)14(9)10/h2-5,17H,6-8H2,1H3. The zero-order chi connectivity index (χ0) is 12.0. The normalized spacial score (nSPS) is 13.4. The smallest absolute Gasteiger partial charge is 0.0833 e. The van der Waals surface area contributed by atoms with E-state index in [1.807, 2.05) is 12.1 Å². The molecule has 2 nitrogen and oxygen atoms in total. The maximum Gasteiger partial charge on any atom is 0.0833 e. The highest BCUT2D eigenvalue weighted by Gasteiger charge is 2.20. The Labute approximate surface area is 105 Å². The highest BCUT2D eigenvalue weighted by atomic mass is 35.5. The quantitative estimate of drug-likeness (QED) is 0.823. The zero-order valence-electron chi connectivity index (χ0n) is 9.70. The topological polar surface area (TPSA) is 25.2 Å². The number of fused-ring (bicyclic) bond motifs is 3. The molecule has 1 aromatic carbocycles. The monoisotopic (exact) mass is 247 g/mol. The summed E-state index contributed by atoms with van der Waals surface area (Å²) in [4.78, 5) is 0. The number of aliphatic hydroxyl groups excluding tert-OH is 1. The average Bonchev–Trinajstić information content (AvgIpc) is 2.76. The lowest BCUT2D eigenvalue weighted by atomic mass is 9.94. The first-order valence-corrected chi connectivity index (χ1v) is 6.18. The van der Waals surface area contributed by atoms with Crippen LogP contribution < -0.4 is 0 Å². The summed E-state index contributed by atoms with van der Waals surface area (Å²) in [6.45, 7) is 3.09. The van der Waals surface area contributed by atoms with E-state index < -0.39 is 0 Å². The Kier molecular flexibility index (Phi) is 2.49. The predicted octanol–water partition coefficient (Wildman–Crippen LogP) is 3.17. The molecule has 0 aliphatic carbocycles. The number of rotatable bonds is 1. The number of benzene rings is 1. The summed E-state index contributed by atoms with van der Waals surface area (Å²) >= 11 is 6.19. The van der Waals surface area contributed by atoms with Crippen molar-refractivity contribution in [2.24, 2.45) is 0 Å². The van der Waals surface area contributed by atoms with Crippen molar-refractivity contribution in [1.29, 1.82) is 0 Å². The van der Waals surface area contributed by atoms with Gasteiger partial charge in [-0.3, -0.25) is 0 Å². The van der Waals surface area contributed by atoms with Gasteiger partial charge in [0, 0.05) is 28.5 Å². The van der Waals surface area contributed by atoms with Gasteiger partial charge < -0.3 is 9.67 Å². The molecule has 0 atom stereocenters. The lowest BCUT2D eigenvalue weighted by Gasteiger charge is -2.23. The Morgan fingerprint density at radius 1 is 1.29 bits per heavy atom. The van der Waals surface area contributed by atoms with Crippen molar-refractivity contribution in [3.05, 3.63) is 46.1 Å². The molecule has 0 bridgehead atoms. The van der Waals surface area contributed by atoms with Crippen molar-refractivity contribution in [3.8, 4) is 11.3 Å². The molecule has 0 fully saturated rings. The number of hydrogen-bond acceptors (Lipinski definition) is 1. The van der Waals surface area contributed by atoms with Crippen LogP contribution in [0.3, 0.4) is 0 Å². The average molecular weight is 248 g/mol. The summed E-state index contributed by atoms with van der Waals surface area (Å²) in [6.07, 6.45) is 1.00. The van der Waals surface area contributed by atoms with Gasteiger partial charge in [0.05, 0.1) is 6.61 Å². The van der Waals surface area contributed by atoms with Gasteiger partial charge in [0.15, 0.2) is 0 Å². The molecule has 2 aromatic rings. The maximum absolute atomic E-state index is 9.31. The SMILES string of the molecule is Cc1c(Cl)ccc2c1-c1ccc(CO)n1CC2. The molecule has 0 saturated heterocycles. The fourth-order valence-corrected chi connectivity index (χ4v) is 2.83. The van der Waals surface area contributed by atoms with Crippen LogP contribution in [-0.2, 0) is 19.6 Å². The van der Waals surface area contributed by atoms with Crippen molar-refractivity contribution in [1.82, 2.24) is 4.57 Å². The molecule has 17 heavy (non-hydrogen) atoms. The number of hydrogen-bond donors (Lipinski definition) is 1. The zero-order valence-corrected chi connectivity index (χ0v) is 10.5. The Morgan fingerprint density at radius 2 is 2.12 bits per heavy atom. The van der Waals surface area contributed by atoms with Gasteiger partial charge >= 0.3 is 0 Å². The lowest BCUT2D eigenvalue weighted by Crippen LogP contribution is -2.14. The molecule has 0 radical (unpaired) electrons. The Bertz CT molecular complexity index is 586. The molecule has 3 heteroatoms. The molecule has 0 spiro atoms. The summed E-state index contributed by atoms with van der Waals surface area (Å²) in [5, 5.41) is 10.1. The molecule has 0 amide bonds. The van der Waals surface area contributed by atoms with Crippen LogP contribution >= 0.6 is 11.6 Å². The van der Waals surface area contributed by atoms with E-state index in [1.165, 1.54) is 16.8 Å². The van der Waals surface area contributed by atoms with E-state index in [-0.39, 0.29) is 6.61 Å². The van der Waals surface area contributed by atoms with E-state index >= 15 is 0 Å². The minimum Gasteiger partial charge on any atom is -0.390 e. The third kappa shape index (κ3) is 1.52. The van der Waals surface area contributed by atoms with Crippen molar-refractivity contribution in [2.75, 3.05) is 0 Å². The second kappa shape index (κ2) is 3.90. The number of aliphatic hydroxyl groups is 1. The van der Waals surface area contributed by atoms with Crippen molar-refractivity contribution >= 4 is 11.6 Å². The highest BCUT2D eigenvalue weighted by Crippen LogP contribution is 2.36. The highest BCUT2D eigenvalue weighted by molar-refractivity contribution is 6.31. The van der Waals surface area contributed by atoms with E-state index in [9.17, 15) is 5.11 Å². The van der Waals surface area contributed by atoms with E-state index in [1.54, 1.807) is 0 Å². The Morgan fingerprint density at radius 3 is 2.88 bits per heavy atom. The molecule has 0 saturated carbocycles. The number of aryl methyl sites for hydroxylation is 1. The van der Waals surface area contributed by atoms with Gasteiger partial charge in [0.2, 0.25) is 0 Å². The fraction of sp³-hybridized carbons (Fsp3) is 0.286. The van der Waals surface area contributed by atoms with Crippen LogP contribution in [0.1, 0.15) is 16.8 Å². The number of aromatic nitrogens is 1. The van der Waals surface area contributed by atoms with Crippen LogP contribution in [-0.4, -0.2) is 9.67 Å².